The summed E-state index contributed by atoms with van der Waals surface area (Å²) in [5.74, 6) is 0.750. The number of carbonyl (C=O) groups excluding carboxylic acids is 1. The van der Waals surface area contributed by atoms with Gasteiger partial charge in [0.1, 0.15) is 12.2 Å². The van der Waals surface area contributed by atoms with E-state index < -0.39 is 0 Å². The van der Waals surface area contributed by atoms with Crippen LogP contribution in [0.25, 0.3) is 5.69 Å². The number of aliphatic hydroxyl groups is 1. The largest absolute Gasteiger partial charge is 0.396 e. The highest BCUT2D eigenvalue weighted by Gasteiger charge is 2.18. The number of hydrogen-bond donors (Lipinski definition) is 2. The summed E-state index contributed by atoms with van der Waals surface area (Å²) in [5.41, 5.74) is 0.881. The first kappa shape index (κ1) is 17.1. The number of aromatic nitrogens is 3. The summed E-state index contributed by atoms with van der Waals surface area (Å²) in [4.78, 5) is 12.0. The minimum Gasteiger partial charge on any atom is -0.396 e. The number of rotatable bonds is 8. The Morgan fingerprint density at radius 2 is 2.04 bits per heavy atom. The Morgan fingerprint density at radius 3 is 2.74 bits per heavy atom. The van der Waals surface area contributed by atoms with Crippen LogP contribution in [0.4, 0.5) is 0 Å². The minimum atomic E-state index is -0.103. The molecule has 0 saturated carbocycles. The van der Waals surface area contributed by atoms with Gasteiger partial charge in [0, 0.05) is 31.7 Å². The average Bonchev–Trinajstić information content (AvgIpc) is 3.00. The highest BCUT2D eigenvalue weighted by Crippen LogP contribution is 2.18. The number of amides is 1. The van der Waals surface area contributed by atoms with Gasteiger partial charge in [-0.3, -0.25) is 9.36 Å². The first-order chi connectivity index (χ1) is 11.0. The smallest absolute Gasteiger partial charge is 0.220 e. The van der Waals surface area contributed by atoms with Crippen LogP contribution >= 0.6 is 0 Å². The van der Waals surface area contributed by atoms with E-state index in [1.165, 1.54) is 0 Å². The lowest BCUT2D eigenvalue weighted by atomic mass is 9.90. The SMILES string of the molecule is CC(C)(CCO)CNC(=O)CCc1nncn1-c1ccccc1. The number of carbonyl (C=O) groups is 1. The van der Waals surface area contributed by atoms with E-state index >= 15 is 0 Å². The van der Waals surface area contributed by atoms with Gasteiger partial charge in [-0.05, 0) is 24.0 Å². The molecule has 1 amide bonds. The van der Waals surface area contributed by atoms with Gasteiger partial charge in [-0.15, -0.1) is 10.2 Å². The van der Waals surface area contributed by atoms with Crippen molar-refractivity contribution in [3.05, 3.63) is 42.5 Å². The van der Waals surface area contributed by atoms with Crippen molar-refractivity contribution in [2.24, 2.45) is 5.41 Å². The third kappa shape index (κ3) is 5.17. The number of hydrogen-bond acceptors (Lipinski definition) is 4. The first-order valence-corrected chi connectivity index (χ1v) is 7.84. The van der Waals surface area contributed by atoms with Gasteiger partial charge in [0.2, 0.25) is 5.91 Å². The summed E-state index contributed by atoms with van der Waals surface area (Å²) < 4.78 is 1.89. The van der Waals surface area contributed by atoms with E-state index in [-0.39, 0.29) is 17.9 Å². The molecular formula is C17H24N4O2. The van der Waals surface area contributed by atoms with Crippen LogP contribution in [0, 0.1) is 5.41 Å². The van der Waals surface area contributed by atoms with Crippen molar-refractivity contribution in [1.29, 1.82) is 0 Å². The lowest BCUT2D eigenvalue weighted by Crippen LogP contribution is -2.34. The Bertz CT molecular complexity index is 623. The van der Waals surface area contributed by atoms with Crippen molar-refractivity contribution < 1.29 is 9.90 Å². The monoisotopic (exact) mass is 316 g/mol. The van der Waals surface area contributed by atoms with Gasteiger partial charge in [0.05, 0.1) is 0 Å². The van der Waals surface area contributed by atoms with Crippen molar-refractivity contribution >= 4 is 5.91 Å². The normalized spacial score (nSPS) is 11.4. The van der Waals surface area contributed by atoms with Gasteiger partial charge >= 0.3 is 0 Å². The highest BCUT2D eigenvalue weighted by atomic mass is 16.3. The van der Waals surface area contributed by atoms with Crippen LogP contribution in [-0.2, 0) is 11.2 Å². The number of aliphatic hydroxyl groups excluding tert-OH is 1. The molecule has 1 heterocycles. The second kappa shape index (κ2) is 7.87. The second-order valence-electron chi connectivity index (χ2n) is 6.37. The van der Waals surface area contributed by atoms with Crippen LogP contribution in [0.1, 0.15) is 32.5 Å². The second-order valence-corrected chi connectivity index (χ2v) is 6.37. The minimum absolute atomic E-state index is 0.0152. The molecule has 1 aromatic heterocycles. The number of aryl methyl sites for hydroxylation is 1. The summed E-state index contributed by atoms with van der Waals surface area (Å²) in [7, 11) is 0. The molecule has 2 N–H and O–H groups in total. The predicted octanol–water partition coefficient (Wildman–Crippen LogP) is 1.72. The Morgan fingerprint density at radius 1 is 1.30 bits per heavy atom. The number of nitrogens with one attached hydrogen (secondary N) is 1. The molecule has 23 heavy (non-hydrogen) atoms. The van der Waals surface area contributed by atoms with Crippen LogP contribution < -0.4 is 5.32 Å². The maximum Gasteiger partial charge on any atom is 0.220 e. The van der Waals surface area contributed by atoms with Gasteiger partial charge in [0.25, 0.3) is 0 Å². The summed E-state index contributed by atoms with van der Waals surface area (Å²) >= 11 is 0. The predicted molar refractivity (Wildman–Crippen MR) is 88.2 cm³/mol. The van der Waals surface area contributed by atoms with Gasteiger partial charge in [-0.1, -0.05) is 32.0 Å². The van der Waals surface area contributed by atoms with Gasteiger partial charge in [-0.25, -0.2) is 0 Å². The molecular weight excluding hydrogens is 292 g/mol. The quantitative estimate of drug-likeness (QED) is 0.777. The zero-order chi connectivity index (χ0) is 16.7. The molecule has 6 heteroatoms. The van der Waals surface area contributed by atoms with Crippen LogP contribution in [0.2, 0.25) is 0 Å². The molecule has 2 aromatic rings. The zero-order valence-electron chi connectivity index (χ0n) is 13.7. The maximum absolute atomic E-state index is 12.0. The standard InChI is InChI=1S/C17H24N4O2/c1-17(2,10-11-22)12-18-16(23)9-8-15-20-19-13-21(15)14-6-4-3-5-7-14/h3-7,13,22H,8-12H2,1-2H3,(H,18,23). The number of benzene rings is 1. The van der Waals surface area contributed by atoms with Crippen molar-refractivity contribution in [3.8, 4) is 5.69 Å². The van der Waals surface area contributed by atoms with Gasteiger partial charge in [0.15, 0.2) is 0 Å². The van der Waals surface area contributed by atoms with Crippen LogP contribution in [0.3, 0.4) is 0 Å². The summed E-state index contributed by atoms with van der Waals surface area (Å²) in [6.07, 6.45) is 3.21. The fourth-order valence-corrected chi connectivity index (χ4v) is 2.28. The first-order valence-electron chi connectivity index (χ1n) is 7.84. The fourth-order valence-electron chi connectivity index (χ4n) is 2.28. The van der Waals surface area contributed by atoms with E-state index in [9.17, 15) is 4.79 Å². The molecule has 2 rings (SSSR count). The molecule has 0 unspecified atom stereocenters. The van der Waals surface area contributed by atoms with Crippen molar-refractivity contribution in [2.75, 3.05) is 13.2 Å². The third-order valence-corrected chi connectivity index (χ3v) is 3.78. The lowest BCUT2D eigenvalue weighted by molar-refractivity contribution is -0.121. The Hall–Kier alpha value is -2.21. The highest BCUT2D eigenvalue weighted by molar-refractivity contribution is 5.76. The molecule has 0 aliphatic rings. The van der Waals surface area contributed by atoms with Crippen LogP contribution in [0.5, 0.6) is 0 Å². The van der Waals surface area contributed by atoms with E-state index in [0.29, 0.717) is 25.8 Å². The van der Waals surface area contributed by atoms with Crippen molar-refractivity contribution in [1.82, 2.24) is 20.1 Å². The van der Waals surface area contributed by atoms with E-state index in [0.717, 1.165) is 11.5 Å². The maximum atomic E-state index is 12.0. The topological polar surface area (TPSA) is 80.0 Å². The average molecular weight is 316 g/mol. The molecule has 1 aromatic carbocycles. The Labute approximate surface area is 136 Å². The molecule has 6 nitrogen and oxygen atoms in total. The molecule has 0 aliphatic carbocycles. The van der Waals surface area contributed by atoms with E-state index in [1.54, 1.807) is 6.33 Å². The molecule has 124 valence electrons. The van der Waals surface area contributed by atoms with Gasteiger partial charge < -0.3 is 10.4 Å². The van der Waals surface area contributed by atoms with Crippen LogP contribution in [0.15, 0.2) is 36.7 Å². The van der Waals surface area contributed by atoms with E-state index in [2.05, 4.69) is 15.5 Å². The summed E-state index contributed by atoms with van der Waals surface area (Å²) in [6, 6.07) is 9.81. The fraction of sp³-hybridized carbons (Fsp3) is 0.471. The molecule has 0 aliphatic heterocycles. The molecule has 0 saturated heterocycles. The summed E-state index contributed by atoms with van der Waals surface area (Å²) in [6.45, 7) is 4.73. The molecule has 0 spiro atoms. The zero-order valence-corrected chi connectivity index (χ0v) is 13.7. The van der Waals surface area contributed by atoms with Crippen molar-refractivity contribution in [3.63, 3.8) is 0 Å². The molecule has 0 bridgehead atoms. The van der Waals surface area contributed by atoms with Crippen molar-refractivity contribution in [2.45, 2.75) is 33.1 Å². The third-order valence-electron chi connectivity index (χ3n) is 3.78. The molecule has 0 radical (unpaired) electrons. The molecule has 0 fully saturated rings. The number of nitrogens with zero attached hydrogens (tertiary/aromatic N) is 3. The van der Waals surface area contributed by atoms with Crippen LogP contribution in [-0.4, -0.2) is 38.9 Å². The van der Waals surface area contributed by atoms with E-state index in [4.69, 9.17) is 5.11 Å². The Balaban J connectivity index is 1.87. The lowest BCUT2D eigenvalue weighted by Gasteiger charge is -2.23. The number of para-hydroxylation sites is 1. The Kier molecular flexibility index (Phi) is 5.87. The molecule has 0 atom stereocenters. The van der Waals surface area contributed by atoms with Gasteiger partial charge in [-0.2, -0.15) is 0 Å². The summed E-state index contributed by atoms with van der Waals surface area (Å²) in [5, 5.41) is 20.0. The van der Waals surface area contributed by atoms with E-state index in [1.807, 2.05) is 48.7 Å².